The molecule has 84 valence electrons. The number of rotatable bonds is 2. The molecule has 0 spiro atoms. The highest BCUT2D eigenvalue weighted by Crippen LogP contribution is 2.41. The van der Waals surface area contributed by atoms with E-state index in [1.165, 1.54) is 0 Å². The Morgan fingerprint density at radius 1 is 1.27 bits per heavy atom. The predicted molar refractivity (Wildman–Crippen MR) is 55.4 cm³/mol. The fraction of sp³-hybridized carbons (Fsp3) is 0.909. The molecule has 3 atom stereocenters. The Labute approximate surface area is 89.7 Å². The van der Waals surface area contributed by atoms with Gasteiger partial charge in [-0.25, -0.2) is 0 Å². The predicted octanol–water partition coefficient (Wildman–Crippen LogP) is -0.111. The van der Waals surface area contributed by atoms with Crippen molar-refractivity contribution in [3.05, 3.63) is 0 Å². The van der Waals surface area contributed by atoms with Crippen molar-refractivity contribution in [2.45, 2.75) is 31.4 Å². The molecule has 4 heteroatoms. The van der Waals surface area contributed by atoms with Crippen LogP contribution in [0.15, 0.2) is 0 Å². The minimum Gasteiger partial charge on any atom is -0.368 e. The molecule has 2 heterocycles. The Hall–Kier alpha value is -0.610. The Balaban J connectivity index is 1.49. The number of carbonyl (C=O) groups excluding carboxylic acids is 1. The first kappa shape index (κ1) is 9.60. The summed E-state index contributed by atoms with van der Waals surface area (Å²) in [6.45, 7) is 2.89. The van der Waals surface area contributed by atoms with Crippen molar-refractivity contribution in [2.75, 3.05) is 19.7 Å². The third-order valence-electron chi connectivity index (χ3n) is 3.87. The molecule has 15 heavy (non-hydrogen) atoms. The summed E-state index contributed by atoms with van der Waals surface area (Å²) in [4.78, 5) is 11.8. The third kappa shape index (κ3) is 1.76. The van der Waals surface area contributed by atoms with Crippen molar-refractivity contribution in [2.24, 2.45) is 11.8 Å². The molecule has 1 aliphatic carbocycles. The SMILES string of the molecule is O=C(NC1C2CNCC21)C1CCCCO1. The number of amides is 1. The van der Waals surface area contributed by atoms with Crippen molar-refractivity contribution in [3.63, 3.8) is 0 Å². The second kappa shape index (κ2) is 3.76. The molecule has 3 rings (SSSR count). The average Bonchev–Trinajstić information content (AvgIpc) is 2.75. The van der Waals surface area contributed by atoms with E-state index in [0.29, 0.717) is 17.9 Å². The lowest BCUT2D eigenvalue weighted by Gasteiger charge is -2.22. The molecule has 0 aromatic rings. The zero-order valence-electron chi connectivity index (χ0n) is 8.87. The summed E-state index contributed by atoms with van der Waals surface area (Å²) in [6.07, 6.45) is 2.94. The highest BCUT2D eigenvalue weighted by molar-refractivity contribution is 5.81. The molecule has 3 aliphatic rings. The van der Waals surface area contributed by atoms with Crippen LogP contribution < -0.4 is 10.6 Å². The van der Waals surface area contributed by atoms with Crippen molar-refractivity contribution in [1.29, 1.82) is 0 Å². The number of hydrogen-bond donors (Lipinski definition) is 2. The number of nitrogens with one attached hydrogen (secondary N) is 2. The van der Waals surface area contributed by atoms with E-state index in [0.717, 1.165) is 39.0 Å². The quantitative estimate of drug-likeness (QED) is 0.668. The van der Waals surface area contributed by atoms with Crippen molar-refractivity contribution in [3.8, 4) is 0 Å². The summed E-state index contributed by atoms with van der Waals surface area (Å²) in [7, 11) is 0. The Morgan fingerprint density at radius 3 is 2.73 bits per heavy atom. The fourth-order valence-corrected chi connectivity index (χ4v) is 2.84. The van der Waals surface area contributed by atoms with E-state index < -0.39 is 0 Å². The van der Waals surface area contributed by atoms with Crippen LogP contribution in [0.5, 0.6) is 0 Å². The van der Waals surface area contributed by atoms with Gasteiger partial charge in [0.2, 0.25) is 5.91 Å². The van der Waals surface area contributed by atoms with Gasteiger partial charge >= 0.3 is 0 Å². The van der Waals surface area contributed by atoms with Crippen molar-refractivity contribution >= 4 is 5.91 Å². The normalized spacial score (nSPS) is 43.5. The molecule has 0 aromatic heterocycles. The Kier molecular flexibility index (Phi) is 2.41. The van der Waals surface area contributed by atoms with Gasteiger partial charge in [-0.1, -0.05) is 0 Å². The molecule has 2 saturated heterocycles. The summed E-state index contributed by atoms with van der Waals surface area (Å²) in [6, 6.07) is 0.435. The molecule has 1 saturated carbocycles. The minimum absolute atomic E-state index is 0.120. The first-order valence-electron chi connectivity index (χ1n) is 5.99. The van der Waals surface area contributed by atoms with Crippen LogP contribution >= 0.6 is 0 Å². The van der Waals surface area contributed by atoms with E-state index in [1.807, 2.05) is 0 Å². The van der Waals surface area contributed by atoms with Crippen LogP contribution in [0.4, 0.5) is 0 Å². The topological polar surface area (TPSA) is 50.4 Å². The lowest BCUT2D eigenvalue weighted by atomic mass is 10.1. The molecule has 2 N–H and O–H groups in total. The maximum atomic E-state index is 11.8. The number of carbonyl (C=O) groups is 1. The lowest BCUT2D eigenvalue weighted by molar-refractivity contribution is -0.135. The molecule has 0 aromatic carbocycles. The monoisotopic (exact) mass is 210 g/mol. The van der Waals surface area contributed by atoms with E-state index in [2.05, 4.69) is 10.6 Å². The maximum Gasteiger partial charge on any atom is 0.249 e. The molecule has 1 amide bonds. The largest absolute Gasteiger partial charge is 0.368 e. The van der Waals surface area contributed by atoms with Gasteiger partial charge < -0.3 is 15.4 Å². The maximum absolute atomic E-state index is 11.8. The van der Waals surface area contributed by atoms with Gasteiger partial charge in [0.1, 0.15) is 6.10 Å². The summed E-state index contributed by atoms with van der Waals surface area (Å²) >= 11 is 0. The van der Waals surface area contributed by atoms with Crippen LogP contribution in [-0.2, 0) is 9.53 Å². The lowest BCUT2D eigenvalue weighted by Crippen LogP contribution is -2.41. The van der Waals surface area contributed by atoms with Crippen LogP contribution in [0, 0.1) is 11.8 Å². The number of piperidine rings is 1. The second-order valence-electron chi connectivity index (χ2n) is 4.88. The first-order chi connectivity index (χ1) is 7.36. The van der Waals surface area contributed by atoms with Gasteiger partial charge in [0.05, 0.1) is 0 Å². The smallest absolute Gasteiger partial charge is 0.249 e. The minimum atomic E-state index is -0.173. The van der Waals surface area contributed by atoms with Gasteiger partial charge in [0.15, 0.2) is 0 Å². The molecule has 0 bridgehead atoms. The number of fused-ring (bicyclic) bond motifs is 1. The van der Waals surface area contributed by atoms with E-state index in [4.69, 9.17) is 4.74 Å². The van der Waals surface area contributed by atoms with Crippen molar-refractivity contribution < 1.29 is 9.53 Å². The van der Waals surface area contributed by atoms with Gasteiger partial charge in [-0.2, -0.15) is 0 Å². The van der Waals surface area contributed by atoms with Crippen LogP contribution in [-0.4, -0.2) is 37.7 Å². The van der Waals surface area contributed by atoms with E-state index in [9.17, 15) is 4.79 Å². The molecule has 4 nitrogen and oxygen atoms in total. The average molecular weight is 210 g/mol. The Bertz CT molecular complexity index is 253. The standard InChI is InChI=1S/C11H18N2O2/c14-11(9-3-1-2-4-15-9)13-10-7-5-12-6-8(7)10/h7-10,12H,1-6H2,(H,13,14). The molecule has 3 unspecified atom stereocenters. The highest BCUT2D eigenvalue weighted by Gasteiger charge is 2.53. The summed E-state index contributed by atoms with van der Waals surface area (Å²) in [5.41, 5.74) is 0. The van der Waals surface area contributed by atoms with E-state index in [1.54, 1.807) is 0 Å². The van der Waals surface area contributed by atoms with E-state index >= 15 is 0 Å². The van der Waals surface area contributed by atoms with Crippen LogP contribution in [0.1, 0.15) is 19.3 Å². The van der Waals surface area contributed by atoms with Crippen LogP contribution in [0.25, 0.3) is 0 Å². The molecule has 2 aliphatic heterocycles. The summed E-state index contributed by atoms with van der Waals surface area (Å²) < 4.78 is 5.46. The zero-order chi connectivity index (χ0) is 10.3. The zero-order valence-corrected chi connectivity index (χ0v) is 8.87. The van der Waals surface area contributed by atoms with Gasteiger partial charge in [-0.15, -0.1) is 0 Å². The molecule has 0 radical (unpaired) electrons. The molecular weight excluding hydrogens is 192 g/mol. The van der Waals surface area contributed by atoms with Gasteiger partial charge in [-0.3, -0.25) is 4.79 Å². The number of hydrogen-bond acceptors (Lipinski definition) is 3. The number of ether oxygens (including phenoxy) is 1. The summed E-state index contributed by atoms with van der Waals surface area (Å²) in [5, 5.41) is 6.44. The fourth-order valence-electron chi connectivity index (χ4n) is 2.84. The van der Waals surface area contributed by atoms with Gasteiger partial charge in [0.25, 0.3) is 0 Å². The van der Waals surface area contributed by atoms with Crippen LogP contribution in [0.3, 0.4) is 0 Å². The molecule has 3 fully saturated rings. The highest BCUT2D eigenvalue weighted by atomic mass is 16.5. The second-order valence-corrected chi connectivity index (χ2v) is 4.88. The van der Waals surface area contributed by atoms with Crippen molar-refractivity contribution in [1.82, 2.24) is 10.6 Å². The third-order valence-corrected chi connectivity index (χ3v) is 3.87. The first-order valence-corrected chi connectivity index (χ1v) is 5.99. The van der Waals surface area contributed by atoms with Gasteiger partial charge in [0, 0.05) is 25.7 Å². The molecular formula is C11H18N2O2. The van der Waals surface area contributed by atoms with Crippen LogP contribution in [0.2, 0.25) is 0 Å². The van der Waals surface area contributed by atoms with E-state index in [-0.39, 0.29) is 12.0 Å². The Morgan fingerprint density at radius 2 is 2.07 bits per heavy atom. The van der Waals surface area contributed by atoms with Gasteiger partial charge in [-0.05, 0) is 31.1 Å². The summed E-state index contributed by atoms with van der Waals surface area (Å²) in [5.74, 6) is 1.50.